The lowest BCUT2D eigenvalue weighted by Crippen LogP contribution is -2.54. The molecule has 3 N–H and O–H groups in total. The number of piperazine rings is 1. The molecule has 1 aromatic heterocycles. The number of nitrogens with one attached hydrogen (secondary N) is 2. The fraction of sp³-hybridized carbons (Fsp3) is 0.450. The van der Waals surface area contributed by atoms with Gasteiger partial charge in [0.25, 0.3) is 0 Å². The molecule has 3 heterocycles. The Morgan fingerprint density at radius 2 is 2.03 bits per heavy atom. The van der Waals surface area contributed by atoms with E-state index < -0.39 is 17.2 Å². The first kappa shape index (κ1) is 24.9. The number of hydrogen-bond donors (Lipinski definition) is 3. The molecule has 14 heteroatoms. The quantitative estimate of drug-likeness (QED) is 0.221. The van der Waals surface area contributed by atoms with Crippen molar-refractivity contribution in [2.24, 2.45) is 5.10 Å². The molecule has 2 aliphatic heterocycles. The molecule has 0 bridgehead atoms. The molecule has 1 aromatic carbocycles. The monoisotopic (exact) mass is 512 g/mol. The van der Waals surface area contributed by atoms with Crippen LogP contribution in [0.5, 0.6) is 0 Å². The van der Waals surface area contributed by atoms with Gasteiger partial charge in [-0.3, -0.25) is 0 Å². The molecule has 4 rings (SSSR count). The summed E-state index contributed by atoms with van der Waals surface area (Å²) in [7, 11) is 4.30. The first-order valence-electron chi connectivity index (χ1n) is 10.8. The second-order valence-corrected chi connectivity index (χ2v) is 10.3. The average molecular weight is 512 g/mol. The molecular weight excluding hydrogens is 484 g/mol. The number of aliphatic hydroxyl groups is 1. The highest BCUT2D eigenvalue weighted by Gasteiger charge is 2.24. The molecule has 2 aliphatic rings. The van der Waals surface area contributed by atoms with Gasteiger partial charge in [-0.05, 0) is 17.7 Å². The number of rotatable bonds is 7. The second-order valence-electron chi connectivity index (χ2n) is 7.95. The van der Waals surface area contributed by atoms with Crippen LogP contribution < -0.4 is 15.8 Å². The predicted molar refractivity (Wildman–Crippen MR) is 134 cm³/mol. The number of alkyl halides is 1. The summed E-state index contributed by atoms with van der Waals surface area (Å²) in [6.45, 7) is 3.50. The number of β-amino-alcohol motifs (C(OH)–C–C–N with tert-alkyl or cyclic N) is 1. The van der Waals surface area contributed by atoms with Gasteiger partial charge >= 0.3 is 0 Å². The Kier molecular flexibility index (Phi) is 8.06. The third-order valence-corrected chi connectivity index (χ3v) is 6.06. The molecule has 0 saturated carbocycles. The smallest absolute Gasteiger partial charge is 0.245 e. The summed E-state index contributed by atoms with van der Waals surface area (Å²) in [5, 5.41) is 14.9. The Labute approximate surface area is 201 Å². The number of morpholine rings is 1. The Morgan fingerprint density at radius 3 is 2.76 bits per heavy atom. The van der Waals surface area contributed by atoms with Gasteiger partial charge in [0, 0.05) is 31.9 Å². The van der Waals surface area contributed by atoms with Crippen molar-refractivity contribution in [3.05, 3.63) is 41.8 Å². The van der Waals surface area contributed by atoms with Gasteiger partial charge in [0.1, 0.15) is 12.6 Å². The summed E-state index contributed by atoms with van der Waals surface area (Å²) in [5.74, 6) is -0.150. The number of aromatic nitrogens is 2. The largest absolute Gasteiger partial charge is 0.378 e. The second kappa shape index (κ2) is 11.0. The zero-order chi connectivity index (χ0) is 24.1. The van der Waals surface area contributed by atoms with Crippen LogP contribution in [0.4, 0.5) is 26.2 Å². The number of nitrogens with zero attached hydrogens (tertiary/aromatic N) is 6. The lowest BCUT2D eigenvalue weighted by atomic mass is 10.2. The lowest BCUT2D eigenvalue weighted by Gasteiger charge is -2.38. The molecule has 0 amide bonds. The normalized spacial score (nSPS) is 20.1. The van der Waals surface area contributed by atoms with Crippen LogP contribution in [0.25, 0.3) is 0 Å². The molecule has 184 valence electrons. The fourth-order valence-electron chi connectivity index (χ4n) is 3.59. The number of hydrazone groups is 1. The van der Waals surface area contributed by atoms with Gasteiger partial charge in [-0.25, -0.2) is 24.2 Å². The molecule has 34 heavy (non-hydrogen) atoms. The molecule has 3 atom stereocenters. The van der Waals surface area contributed by atoms with E-state index in [-0.39, 0.29) is 11.8 Å². The molecule has 3 unspecified atom stereocenters. The Morgan fingerprint density at radius 1 is 1.24 bits per heavy atom. The predicted octanol–water partition coefficient (Wildman–Crippen LogP) is 1.60. The van der Waals surface area contributed by atoms with Gasteiger partial charge in [-0.1, -0.05) is 30.6 Å². The zero-order valence-corrected chi connectivity index (χ0v) is 20.7. The number of benzene rings is 1. The molecule has 2 aromatic rings. The van der Waals surface area contributed by atoms with Crippen LogP contribution in [0.2, 0.25) is 0 Å². The summed E-state index contributed by atoms with van der Waals surface area (Å²) in [4.78, 5) is 11.6. The number of hydrazine groups is 1. The maximum absolute atomic E-state index is 14.2. The minimum Gasteiger partial charge on any atom is -0.378 e. The number of hydrogen-bond acceptors (Lipinski definition) is 9. The van der Waals surface area contributed by atoms with E-state index in [1.807, 2.05) is 11.1 Å². The van der Waals surface area contributed by atoms with Crippen molar-refractivity contribution in [1.29, 1.82) is 0 Å². The minimum absolute atomic E-state index is 0.154. The van der Waals surface area contributed by atoms with Crippen molar-refractivity contribution >= 4 is 42.3 Å². The third kappa shape index (κ3) is 6.46. The zero-order valence-electron chi connectivity index (χ0n) is 18.4. The van der Waals surface area contributed by atoms with Gasteiger partial charge in [0.15, 0.2) is 16.8 Å². The van der Waals surface area contributed by atoms with Gasteiger partial charge in [-0.2, -0.15) is 10.1 Å². The van der Waals surface area contributed by atoms with E-state index in [1.165, 1.54) is 6.34 Å². The maximum atomic E-state index is 14.2. The number of aliphatic hydroxyl groups excluding tert-OH is 1. The number of ether oxygens (including phenoxy) is 1. The highest BCUT2D eigenvalue weighted by Crippen LogP contribution is 2.40. The average Bonchev–Trinajstić information content (AvgIpc) is 2.82. The van der Waals surface area contributed by atoms with Crippen molar-refractivity contribution in [2.45, 2.75) is 11.4 Å². The molecule has 10 nitrogen and oxygen atoms in total. The van der Waals surface area contributed by atoms with Crippen molar-refractivity contribution < 1.29 is 18.6 Å². The van der Waals surface area contributed by atoms with Crippen molar-refractivity contribution in [2.75, 3.05) is 61.7 Å². The SMILES string of the molecule is OC1CN(Nc2cccc(C(F)(P)P)c2)CCN1/C=N/Nc1ncc(F)c(N2CCOCC2)n1. The van der Waals surface area contributed by atoms with Gasteiger partial charge in [-0.15, -0.1) is 0 Å². The molecular formula is C20H28F2N8O2P2. The van der Waals surface area contributed by atoms with E-state index in [9.17, 15) is 13.9 Å². The number of anilines is 3. The molecule has 2 fully saturated rings. The topological polar surface area (TPSA) is 101 Å². The lowest BCUT2D eigenvalue weighted by molar-refractivity contribution is -0.00474. The van der Waals surface area contributed by atoms with E-state index in [1.54, 1.807) is 28.0 Å². The fourth-order valence-corrected chi connectivity index (χ4v) is 3.95. The maximum Gasteiger partial charge on any atom is 0.245 e. The van der Waals surface area contributed by atoms with Gasteiger partial charge in [0.05, 0.1) is 26.0 Å². The van der Waals surface area contributed by atoms with Crippen molar-refractivity contribution in [3.63, 3.8) is 0 Å². The van der Waals surface area contributed by atoms with Crippen LogP contribution >= 0.6 is 18.5 Å². The van der Waals surface area contributed by atoms with E-state index in [4.69, 9.17) is 4.74 Å². The van der Waals surface area contributed by atoms with Crippen LogP contribution in [-0.4, -0.2) is 83.5 Å². The van der Waals surface area contributed by atoms with E-state index in [0.29, 0.717) is 51.5 Å². The summed E-state index contributed by atoms with van der Waals surface area (Å²) in [6.07, 6.45) is 1.74. The van der Waals surface area contributed by atoms with Crippen molar-refractivity contribution in [1.82, 2.24) is 19.9 Å². The van der Waals surface area contributed by atoms with Crippen molar-refractivity contribution in [3.8, 4) is 0 Å². The third-order valence-electron chi connectivity index (χ3n) is 5.39. The first-order valence-corrected chi connectivity index (χ1v) is 11.9. The highest BCUT2D eigenvalue weighted by molar-refractivity contribution is 7.38. The summed E-state index contributed by atoms with van der Waals surface area (Å²) in [6, 6.07) is 7.03. The van der Waals surface area contributed by atoms with E-state index in [0.717, 1.165) is 11.9 Å². The van der Waals surface area contributed by atoms with Crippen LogP contribution in [0, 0.1) is 5.82 Å². The first-order chi connectivity index (χ1) is 16.3. The summed E-state index contributed by atoms with van der Waals surface area (Å²) in [5.41, 5.74) is 7.12. The van der Waals surface area contributed by atoms with Crippen LogP contribution in [0.15, 0.2) is 35.6 Å². The molecule has 0 aliphatic carbocycles. The molecule has 0 spiro atoms. The van der Waals surface area contributed by atoms with E-state index >= 15 is 0 Å². The highest BCUT2D eigenvalue weighted by atomic mass is 31.1. The van der Waals surface area contributed by atoms with Crippen LogP contribution in [0.3, 0.4) is 0 Å². The Bertz CT molecular complexity index is 1010. The molecule has 0 radical (unpaired) electrons. The van der Waals surface area contributed by atoms with Crippen LogP contribution in [-0.2, 0) is 9.89 Å². The van der Waals surface area contributed by atoms with Gasteiger partial charge < -0.3 is 25.1 Å². The summed E-state index contributed by atoms with van der Waals surface area (Å²) >= 11 is 0. The standard InChI is InChI=1S/C20H28F2N8O2P2/c21-16-11-23-19(25-18(16)28-6-8-32-9-7-28)26-24-13-29-4-5-30(12-17(29)31)27-15-3-1-2-14(10-15)20(22,33)34/h1-3,10-11,13,17,27,31H,4-9,12,33-34H2,(H,23,25,26)/b24-13+. The molecule has 2 saturated heterocycles. The van der Waals surface area contributed by atoms with E-state index in [2.05, 4.69) is 44.4 Å². The summed E-state index contributed by atoms with van der Waals surface area (Å²) < 4.78 is 33.6. The Balaban J connectivity index is 1.30. The Hall–Kier alpha value is -2.23. The van der Waals surface area contributed by atoms with Gasteiger partial charge in [0.2, 0.25) is 5.95 Å². The van der Waals surface area contributed by atoms with Crippen LogP contribution in [0.1, 0.15) is 5.56 Å². The number of halogens is 2. The minimum atomic E-state index is -1.60.